The number of nitro groups is 1. The Hall–Kier alpha value is -1.66. The summed E-state index contributed by atoms with van der Waals surface area (Å²) >= 11 is 0. The summed E-state index contributed by atoms with van der Waals surface area (Å²) in [5.41, 5.74) is 1.27. The molecule has 1 atom stereocenters. The topological polar surface area (TPSA) is 78.6 Å². The molecule has 2 N–H and O–H groups in total. The van der Waals surface area contributed by atoms with Crippen LogP contribution in [0.2, 0.25) is 0 Å². The van der Waals surface area contributed by atoms with E-state index in [1.54, 1.807) is 19.1 Å². The number of aliphatic hydroxyl groups excluding tert-OH is 1. The van der Waals surface area contributed by atoms with Crippen LogP contribution in [0.25, 0.3) is 0 Å². The molecule has 0 aliphatic carbocycles. The van der Waals surface area contributed by atoms with E-state index in [1.165, 1.54) is 6.07 Å². The highest BCUT2D eigenvalue weighted by Gasteiger charge is 2.22. The molecule has 1 saturated heterocycles. The smallest absolute Gasteiger partial charge is 0.292 e. The van der Waals surface area contributed by atoms with Gasteiger partial charge in [-0.1, -0.05) is 6.07 Å². The minimum absolute atomic E-state index is 0.0651. The summed E-state index contributed by atoms with van der Waals surface area (Å²) in [7, 11) is 0. The molecule has 1 aliphatic heterocycles. The zero-order valence-corrected chi connectivity index (χ0v) is 10.3. The van der Waals surface area contributed by atoms with Crippen molar-refractivity contribution < 1.29 is 10.0 Å². The van der Waals surface area contributed by atoms with Crippen LogP contribution in [0.1, 0.15) is 18.6 Å². The highest BCUT2D eigenvalue weighted by atomic mass is 16.6. The molecule has 6 nitrogen and oxygen atoms in total. The molecule has 0 saturated carbocycles. The normalized spacial score (nSPS) is 17.6. The van der Waals surface area contributed by atoms with Crippen LogP contribution in [0, 0.1) is 10.1 Å². The number of hydrogen-bond donors (Lipinski definition) is 2. The second kappa shape index (κ2) is 5.32. The van der Waals surface area contributed by atoms with Gasteiger partial charge in [0.25, 0.3) is 5.69 Å². The first kappa shape index (κ1) is 12.8. The average Bonchev–Trinajstić information content (AvgIpc) is 2.39. The lowest BCUT2D eigenvalue weighted by atomic mass is 10.1. The Kier molecular flexibility index (Phi) is 3.78. The predicted molar refractivity (Wildman–Crippen MR) is 68.8 cm³/mol. The van der Waals surface area contributed by atoms with Crippen molar-refractivity contribution in [2.75, 3.05) is 31.1 Å². The quantitative estimate of drug-likeness (QED) is 0.620. The molecule has 1 aromatic carbocycles. The minimum atomic E-state index is -0.694. The molecule has 1 heterocycles. The molecule has 98 valence electrons. The molecule has 0 aromatic heterocycles. The SMILES string of the molecule is C[C@@H](O)c1ccc(N2CCNCC2)c([N+](=O)[O-])c1. The Morgan fingerprint density at radius 1 is 1.44 bits per heavy atom. The fraction of sp³-hybridized carbons (Fsp3) is 0.500. The zero-order chi connectivity index (χ0) is 13.1. The van der Waals surface area contributed by atoms with E-state index in [1.807, 2.05) is 4.90 Å². The van der Waals surface area contributed by atoms with Crippen molar-refractivity contribution in [2.45, 2.75) is 13.0 Å². The van der Waals surface area contributed by atoms with E-state index in [-0.39, 0.29) is 10.6 Å². The zero-order valence-electron chi connectivity index (χ0n) is 10.3. The molecule has 0 unspecified atom stereocenters. The van der Waals surface area contributed by atoms with E-state index in [0.29, 0.717) is 11.3 Å². The van der Waals surface area contributed by atoms with Crippen LogP contribution in [-0.2, 0) is 0 Å². The molecule has 0 spiro atoms. The van der Waals surface area contributed by atoms with Gasteiger partial charge in [-0.25, -0.2) is 0 Å². The van der Waals surface area contributed by atoms with Gasteiger partial charge in [0.1, 0.15) is 5.69 Å². The van der Waals surface area contributed by atoms with Crippen LogP contribution in [0.3, 0.4) is 0 Å². The van der Waals surface area contributed by atoms with Gasteiger partial charge in [-0.2, -0.15) is 0 Å². The van der Waals surface area contributed by atoms with Crippen molar-refractivity contribution in [1.82, 2.24) is 5.32 Å². The summed E-state index contributed by atoms with van der Waals surface area (Å²) in [5.74, 6) is 0. The number of piperazine rings is 1. The van der Waals surface area contributed by atoms with Crippen LogP contribution in [-0.4, -0.2) is 36.2 Å². The van der Waals surface area contributed by atoms with Crippen molar-refractivity contribution in [2.24, 2.45) is 0 Å². The van der Waals surface area contributed by atoms with E-state index in [2.05, 4.69) is 5.32 Å². The average molecular weight is 251 g/mol. The van der Waals surface area contributed by atoms with E-state index < -0.39 is 6.10 Å². The standard InChI is InChI=1S/C12H17N3O3/c1-9(16)10-2-3-11(12(8-10)15(17)18)14-6-4-13-5-7-14/h2-3,8-9,13,16H,4-7H2,1H3/t9-/m1/s1. The maximum atomic E-state index is 11.1. The monoisotopic (exact) mass is 251 g/mol. The van der Waals surface area contributed by atoms with Gasteiger partial charge in [0.05, 0.1) is 11.0 Å². The van der Waals surface area contributed by atoms with Crippen LogP contribution >= 0.6 is 0 Å². The summed E-state index contributed by atoms with van der Waals surface area (Å²) in [6.07, 6.45) is -0.694. The number of hydrogen-bond acceptors (Lipinski definition) is 5. The number of nitrogens with one attached hydrogen (secondary N) is 1. The lowest BCUT2D eigenvalue weighted by Gasteiger charge is -2.29. The van der Waals surface area contributed by atoms with Gasteiger partial charge in [0.15, 0.2) is 0 Å². The third-order valence-corrected chi connectivity index (χ3v) is 3.14. The molecule has 0 radical (unpaired) electrons. The number of nitro benzene ring substituents is 1. The fourth-order valence-corrected chi connectivity index (χ4v) is 2.12. The Bertz CT molecular complexity index is 442. The summed E-state index contributed by atoms with van der Waals surface area (Å²) in [5, 5.41) is 23.8. The van der Waals surface area contributed by atoms with Crippen molar-refractivity contribution in [1.29, 1.82) is 0 Å². The Morgan fingerprint density at radius 3 is 2.67 bits per heavy atom. The molecule has 6 heteroatoms. The van der Waals surface area contributed by atoms with Crippen molar-refractivity contribution in [3.05, 3.63) is 33.9 Å². The van der Waals surface area contributed by atoms with E-state index >= 15 is 0 Å². The van der Waals surface area contributed by atoms with Gasteiger partial charge in [-0.15, -0.1) is 0 Å². The molecule has 1 aliphatic rings. The second-order valence-corrected chi connectivity index (χ2v) is 4.42. The first-order valence-electron chi connectivity index (χ1n) is 6.01. The highest BCUT2D eigenvalue weighted by molar-refractivity contribution is 5.64. The number of rotatable bonds is 3. The first-order chi connectivity index (χ1) is 8.59. The van der Waals surface area contributed by atoms with Crippen LogP contribution in [0.4, 0.5) is 11.4 Å². The minimum Gasteiger partial charge on any atom is -0.389 e. The number of anilines is 1. The lowest BCUT2D eigenvalue weighted by Crippen LogP contribution is -2.43. The molecule has 1 fully saturated rings. The van der Waals surface area contributed by atoms with Crippen LogP contribution < -0.4 is 10.2 Å². The number of nitrogens with zero attached hydrogens (tertiary/aromatic N) is 2. The molecule has 1 aromatic rings. The summed E-state index contributed by atoms with van der Waals surface area (Å²) < 4.78 is 0. The molecular formula is C12H17N3O3. The Labute approximate surface area is 105 Å². The van der Waals surface area contributed by atoms with E-state index in [4.69, 9.17) is 0 Å². The first-order valence-corrected chi connectivity index (χ1v) is 6.01. The number of aliphatic hydroxyl groups is 1. The molecule has 2 rings (SSSR count). The Morgan fingerprint density at radius 2 is 2.11 bits per heavy atom. The van der Waals surface area contributed by atoms with Crippen molar-refractivity contribution in [3.8, 4) is 0 Å². The van der Waals surface area contributed by atoms with Gasteiger partial charge >= 0.3 is 0 Å². The largest absolute Gasteiger partial charge is 0.389 e. The third kappa shape index (κ3) is 2.60. The predicted octanol–water partition coefficient (Wildman–Crippen LogP) is 1.06. The Balaban J connectivity index is 2.36. The van der Waals surface area contributed by atoms with E-state index in [0.717, 1.165) is 26.2 Å². The second-order valence-electron chi connectivity index (χ2n) is 4.42. The maximum Gasteiger partial charge on any atom is 0.292 e. The molecule has 0 bridgehead atoms. The summed E-state index contributed by atoms with van der Waals surface area (Å²) in [6, 6.07) is 4.93. The number of benzene rings is 1. The van der Waals surface area contributed by atoms with Gasteiger partial charge < -0.3 is 15.3 Å². The third-order valence-electron chi connectivity index (χ3n) is 3.14. The van der Waals surface area contributed by atoms with Gasteiger partial charge in [-0.3, -0.25) is 10.1 Å². The van der Waals surface area contributed by atoms with Gasteiger partial charge in [-0.05, 0) is 18.6 Å². The van der Waals surface area contributed by atoms with Crippen LogP contribution in [0.5, 0.6) is 0 Å². The van der Waals surface area contributed by atoms with E-state index in [9.17, 15) is 15.2 Å². The van der Waals surface area contributed by atoms with Crippen molar-refractivity contribution in [3.63, 3.8) is 0 Å². The van der Waals surface area contributed by atoms with Crippen molar-refractivity contribution >= 4 is 11.4 Å². The molecular weight excluding hydrogens is 234 g/mol. The maximum absolute atomic E-state index is 11.1. The summed E-state index contributed by atoms with van der Waals surface area (Å²) in [6.45, 7) is 4.78. The van der Waals surface area contributed by atoms with Gasteiger partial charge in [0.2, 0.25) is 0 Å². The lowest BCUT2D eigenvalue weighted by molar-refractivity contribution is -0.384. The molecule has 18 heavy (non-hydrogen) atoms. The fourth-order valence-electron chi connectivity index (χ4n) is 2.12. The van der Waals surface area contributed by atoms with Crippen LogP contribution in [0.15, 0.2) is 18.2 Å². The van der Waals surface area contributed by atoms with Gasteiger partial charge in [0, 0.05) is 32.2 Å². The molecule has 0 amide bonds. The summed E-state index contributed by atoms with van der Waals surface area (Å²) in [4.78, 5) is 12.7. The highest BCUT2D eigenvalue weighted by Crippen LogP contribution is 2.31.